The van der Waals surface area contributed by atoms with E-state index in [-0.39, 0.29) is 0 Å². The summed E-state index contributed by atoms with van der Waals surface area (Å²) in [6.45, 7) is 0.780. The van der Waals surface area contributed by atoms with Crippen LogP contribution >= 0.6 is 15.9 Å². The van der Waals surface area contributed by atoms with Crippen molar-refractivity contribution in [2.75, 3.05) is 11.4 Å². The number of anilines is 1. The van der Waals surface area contributed by atoms with Gasteiger partial charge in [-0.25, -0.2) is 4.79 Å². The normalized spacial score (nSPS) is 19.0. The summed E-state index contributed by atoms with van der Waals surface area (Å²) in [5.74, 6) is -0.752. The lowest BCUT2D eigenvalue weighted by Crippen LogP contribution is -2.36. The van der Waals surface area contributed by atoms with E-state index < -0.39 is 12.0 Å². The van der Waals surface area contributed by atoms with Gasteiger partial charge in [0, 0.05) is 28.3 Å². The number of halogens is 1. The first-order valence-corrected chi connectivity index (χ1v) is 7.00. The molecule has 1 aliphatic rings. The van der Waals surface area contributed by atoms with Crippen molar-refractivity contribution in [1.29, 1.82) is 0 Å². The van der Waals surface area contributed by atoms with E-state index in [4.69, 9.17) is 0 Å². The molecular formula is C14H13BrN2O2. The molecule has 1 saturated heterocycles. The largest absolute Gasteiger partial charge is 0.480 e. The SMILES string of the molecule is O=C(O)[C@@H]1CCCN1c1ccnc2ccc(Br)cc12. The van der Waals surface area contributed by atoms with Gasteiger partial charge in [-0.2, -0.15) is 0 Å². The summed E-state index contributed by atoms with van der Waals surface area (Å²) in [7, 11) is 0. The molecule has 1 aromatic carbocycles. The highest BCUT2D eigenvalue weighted by Crippen LogP contribution is 2.32. The number of rotatable bonds is 2. The Kier molecular flexibility index (Phi) is 3.14. The van der Waals surface area contributed by atoms with Crippen LogP contribution in [-0.4, -0.2) is 28.6 Å². The third-order valence-corrected chi connectivity index (χ3v) is 4.02. The first kappa shape index (κ1) is 12.4. The molecule has 1 aromatic heterocycles. The summed E-state index contributed by atoms with van der Waals surface area (Å²) in [5.41, 5.74) is 1.84. The van der Waals surface area contributed by atoms with E-state index in [0.717, 1.165) is 34.0 Å². The second-order valence-electron chi connectivity index (χ2n) is 4.68. The van der Waals surface area contributed by atoms with Gasteiger partial charge in [-0.05, 0) is 37.1 Å². The van der Waals surface area contributed by atoms with E-state index in [9.17, 15) is 9.90 Å². The third-order valence-electron chi connectivity index (χ3n) is 3.53. The fraction of sp³-hybridized carbons (Fsp3) is 0.286. The molecule has 1 fully saturated rings. The lowest BCUT2D eigenvalue weighted by Gasteiger charge is -2.25. The van der Waals surface area contributed by atoms with Crippen LogP contribution in [0.2, 0.25) is 0 Å². The van der Waals surface area contributed by atoms with E-state index in [1.54, 1.807) is 6.20 Å². The average Bonchev–Trinajstić information content (AvgIpc) is 2.87. The van der Waals surface area contributed by atoms with Gasteiger partial charge in [-0.1, -0.05) is 15.9 Å². The van der Waals surface area contributed by atoms with Gasteiger partial charge >= 0.3 is 5.97 Å². The monoisotopic (exact) mass is 320 g/mol. The molecule has 0 amide bonds. The fourth-order valence-electron chi connectivity index (χ4n) is 2.67. The molecule has 1 aliphatic heterocycles. The van der Waals surface area contributed by atoms with Gasteiger partial charge in [-0.3, -0.25) is 4.98 Å². The lowest BCUT2D eigenvalue weighted by atomic mass is 10.1. The Morgan fingerprint density at radius 3 is 3.05 bits per heavy atom. The molecular weight excluding hydrogens is 308 g/mol. The summed E-state index contributed by atoms with van der Waals surface area (Å²) < 4.78 is 0.973. The van der Waals surface area contributed by atoms with Gasteiger partial charge < -0.3 is 10.0 Å². The molecule has 1 N–H and O–H groups in total. The van der Waals surface area contributed by atoms with Crippen molar-refractivity contribution in [2.45, 2.75) is 18.9 Å². The third kappa shape index (κ3) is 2.18. The van der Waals surface area contributed by atoms with Crippen LogP contribution in [0, 0.1) is 0 Å². The molecule has 0 aliphatic carbocycles. The standard InChI is InChI=1S/C14H13BrN2O2/c15-9-3-4-11-10(8-9)12(5-6-16-11)17-7-1-2-13(17)14(18)19/h3-6,8,13H,1-2,7H2,(H,18,19)/t13-/m0/s1. The van der Waals surface area contributed by atoms with Crippen molar-refractivity contribution in [1.82, 2.24) is 4.98 Å². The molecule has 0 bridgehead atoms. The zero-order valence-corrected chi connectivity index (χ0v) is 11.8. The average molecular weight is 321 g/mol. The number of hydrogen-bond donors (Lipinski definition) is 1. The van der Waals surface area contributed by atoms with Crippen LogP contribution < -0.4 is 4.90 Å². The molecule has 2 heterocycles. The van der Waals surface area contributed by atoms with Gasteiger partial charge in [0.25, 0.3) is 0 Å². The van der Waals surface area contributed by atoms with Gasteiger partial charge in [0.2, 0.25) is 0 Å². The van der Waals surface area contributed by atoms with Gasteiger partial charge in [0.1, 0.15) is 6.04 Å². The minimum Gasteiger partial charge on any atom is -0.480 e. The van der Waals surface area contributed by atoms with E-state index >= 15 is 0 Å². The van der Waals surface area contributed by atoms with E-state index in [0.29, 0.717) is 6.42 Å². The number of carboxylic acid groups (broad SMARTS) is 1. The summed E-state index contributed by atoms with van der Waals surface area (Å²) in [4.78, 5) is 17.6. The maximum absolute atomic E-state index is 11.3. The second-order valence-corrected chi connectivity index (χ2v) is 5.60. The van der Waals surface area contributed by atoms with E-state index in [1.165, 1.54) is 0 Å². The highest BCUT2D eigenvalue weighted by atomic mass is 79.9. The van der Waals surface area contributed by atoms with Crippen molar-refractivity contribution in [2.24, 2.45) is 0 Å². The van der Waals surface area contributed by atoms with Gasteiger partial charge in [0.15, 0.2) is 0 Å². The zero-order valence-electron chi connectivity index (χ0n) is 10.2. The molecule has 19 heavy (non-hydrogen) atoms. The number of fused-ring (bicyclic) bond motifs is 1. The van der Waals surface area contributed by atoms with Crippen LogP contribution in [0.15, 0.2) is 34.9 Å². The topological polar surface area (TPSA) is 53.4 Å². The summed E-state index contributed by atoms with van der Waals surface area (Å²) in [6.07, 6.45) is 3.35. The molecule has 0 radical (unpaired) electrons. The Hall–Kier alpha value is -1.62. The van der Waals surface area contributed by atoms with E-state index in [2.05, 4.69) is 20.9 Å². The first-order chi connectivity index (χ1) is 9.16. The van der Waals surface area contributed by atoms with Crippen LogP contribution in [0.4, 0.5) is 5.69 Å². The fourth-order valence-corrected chi connectivity index (χ4v) is 3.03. The number of carboxylic acids is 1. The molecule has 4 nitrogen and oxygen atoms in total. The van der Waals surface area contributed by atoms with E-state index in [1.807, 2.05) is 29.2 Å². The Balaban J connectivity index is 2.14. The van der Waals surface area contributed by atoms with Crippen LogP contribution in [0.5, 0.6) is 0 Å². The lowest BCUT2D eigenvalue weighted by molar-refractivity contribution is -0.138. The molecule has 0 spiro atoms. The van der Waals surface area contributed by atoms with Crippen molar-refractivity contribution in [3.05, 3.63) is 34.9 Å². The highest BCUT2D eigenvalue weighted by Gasteiger charge is 2.31. The Morgan fingerprint density at radius 1 is 1.42 bits per heavy atom. The number of aliphatic carboxylic acids is 1. The Bertz CT molecular complexity index is 644. The predicted molar refractivity (Wildman–Crippen MR) is 77.4 cm³/mol. The first-order valence-electron chi connectivity index (χ1n) is 6.20. The molecule has 3 rings (SSSR count). The quantitative estimate of drug-likeness (QED) is 0.924. The van der Waals surface area contributed by atoms with Crippen molar-refractivity contribution < 1.29 is 9.90 Å². The van der Waals surface area contributed by atoms with Crippen molar-refractivity contribution >= 4 is 38.5 Å². The zero-order chi connectivity index (χ0) is 13.4. The number of aromatic nitrogens is 1. The Labute approximate surface area is 119 Å². The molecule has 98 valence electrons. The molecule has 0 saturated carbocycles. The van der Waals surface area contributed by atoms with Crippen LogP contribution in [0.1, 0.15) is 12.8 Å². The number of pyridine rings is 1. The van der Waals surface area contributed by atoms with Gasteiger partial charge in [-0.15, -0.1) is 0 Å². The van der Waals surface area contributed by atoms with Gasteiger partial charge in [0.05, 0.1) is 5.52 Å². The number of benzene rings is 1. The van der Waals surface area contributed by atoms with Crippen molar-refractivity contribution in [3.63, 3.8) is 0 Å². The minimum absolute atomic E-state index is 0.426. The maximum atomic E-state index is 11.3. The summed E-state index contributed by atoms with van der Waals surface area (Å²) in [5, 5.41) is 10.3. The smallest absolute Gasteiger partial charge is 0.326 e. The number of nitrogens with zero attached hydrogens (tertiary/aromatic N) is 2. The second kappa shape index (κ2) is 4.81. The van der Waals surface area contributed by atoms with Crippen molar-refractivity contribution in [3.8, 4) is 0 Å². The highest BCUT2D eigenvalue weighted by molar-refractivity contribution is 9.10. The molecule has 5 heteroatoms. The molecule has 1 atom stereocenters. The maximum Gasteiger partial charge on any atom is 0.326 e. The summed E-state index contributed by atoms with van der Waals surface area (Å²) in [6, 6.07) is 7.35. The molecule has 0 unspecified atom stereocenters. The van der Waals surface area contributed by atoms with Crippen LogP contribution in [0.3, 0.4) is 0 Å². The number of hydrogen-bond acceptors (Lipinski definition) is 3. The summed E-state index contributed by atoms with van der Waals surface area (Å²) >= 11 is 3.46. The minimum atomic E-state index is -0.752. The molecule has 2 aromatic rings. The Morgan fingerprint density at radius 2 is 2.26 bits per heavy atom. The van der Waals surface area contributed by atoms with Crippen LogP contribution in [0.25, 0.3) is 10.9 Å². The van der Waals surface area contributed by atoms with Crippen LogP contribution in [-0.2, 0) is 4.79 Å². The number of carbonyl (C=O) groups is 1. The predicted octanol–water partition coefficient (Wildman–Crippen LogP) is 3.05.